The fourth-order valence-corrected chi connectivity index (χ4v) is 1.47. The smallest absolute Gasteiger partial charge is 0.303 e. The SMILES string of the molecule is CC(O)CO.O=C(O)CCC(=O)O.O=C(O)CCCCCCCCC(=O)O. The lowest BCUT2D eigenvalue weighted by molar-refractivity contribution is -0.143. The quantitative estimate of drug-likeness (QED) is 0.249. The van der Waals surface area contributed by atoms with Gasteiger partial charge in [-0.2, -0.15) is 0 Å². The number of carboxylic acids is 4. The van der Waals surface area contributed by atoms with Gasteiger partial charge in [-0.05, 0) is 19.8 Å². The minimum atomic E-state index is -1.08. The molecule has 0 aromatic carbocycles. The molecule has 160 valence electrons. The third-order valence-electron chi connectivity index (χ3n) is 2.85. The van der Waals surface area contributed by atoms with Crippen LogP contribution in [0.3, 0.4) is 0 Å². The van der Waals surface area contributed by atoms with Gasteiger partial charge in [0, 0.05) is 12.8 Å². The Hall–Kier alpha value is -2.20. The molecule has 0 heterocycles. The van der Waals surface area contributed by atoms with Crippen molar-refractivity contribution >= 4 is 23.9 Å². The lowest BCUT2D eigenvalue weighted by Crippen LogP contribution is -2.03. The third kappa shape index (κ3) is 45.3. The Labute approximate surface area is 158 Å². The minimum absolute atomic E-state index is 0.139. The average molecular weight is 396 g/mol. The first-order chi connectivity index (χ1) is 12.5. The van der Waals surface area contributed by atoms with Crippen LogP contribution in [0.1, 0.15) is 71.1 Å². The number of rotatable bonds is 13. The van der Waals surface area contributed by atoms with Gasteiger partial charge in [-0.1, -0.05) is 25.7 Å². The van der Waals surface area contributed by atoms with E-state index in [0.29, 0.717) is 0 Å². The maximum Gasteiger partial charge on any atom is 0.303 e. The number of carboxylic acid groups (broad SMARTS) is 4. The summed E-state index contributed by atoms with van der Waals surface area (Å²) in [7, 11) is 0. The summed E-state index contributed by atoms with van der Waals surface area (Å²) in [6.07, 6.45) is 4.67. The molecule has 10 nitrogen and oxygen atoms in total. The average Bonchev–Trinajstić information content (AvgIpc) is 2.56. The van der Waals surface area contributed by atoms with E-state index in [0.717, 1.165) is 38.5 Å². The van der Waals surface area contributed by atoms with E-state index in [1.54, 1.807) is 0 Å². The van der Waals surface area contributed by atoms with Gasteiger partial charge in [-0.3, -0.25) is 19.2 Å². The van der Waals surface area contributed by atoms with Gasteiger partial charge in [-0.25, -0.2) is 0 Å². The monoisotopic (exact) mass is 396 g/mol. The highest BCUT2D eigenvalue weighted by Crippen LogP contribution is 2.08. The molecule has 6 N–H and O–H groups in total. The lowest BCUT2D eigenvalue weighted by Gasteiger charge is -1.98. The zero-order valence-electron chi connectivity index (χ0n) is 15.7. The van der Waals surface area contributed by atoms with Gasteiger partial charge in [-0.15, -0.1) is 0 Å². The summed E-state index contributed by atoms with van der Waals surface area (Å²) in [5, 5.41) is 48.5. The molecule has 0 rings (SSSR count). The van der Waals surface area contributed by atoms with Crippen LogP contribution < -0.4 is 0 Å². The first-order valence-electron chi connectivity index (χ1n) is 8.69. The first kappa shape index (κ1) is 29.6. The molecule has 1 atom stereocenters. The van der Waals surface area contributed by atoms with Crippen LogP contribution in [0, 0.1) is 0 Å². The van der Waals surface area contributed by atoms with Gasteiger partial charge in [0.15, 0.2) is 0 Å². The van der Waals surface area contributed by atoms with Crippen molar-refractivity contribution in [3.8, 4) is 0 Å². The van der Waals surface area contributed by atoms with Crippen molar-refractivity contribution in [3.63, 3.8) is 0 Å². The third-order valence-corrected chi connectivity index (χ3v) is 2.85. The Morgan fingerprint density at radius 3 is 1.00 bits per heavy atom. The van der Waals surface area contributed by atoms with Crippen molar-refractivity contribution < 1.29 is 49.8 Å². The van der Waals surface area contributed by atoms with Crippen molar-refractivity contribution in [3.05, 3.63) is 0 Å². The molecule has 10 heteroatoms. The second-order valence-electron chi connectivity index (χ2n) is 5.73. The van der Waals surface area contributed by atoms with Gasteiger partial charge in [0.05, 0.1) is 25.6 Å². The standard InChI is InChI=1S/C10H18O4.C4H6O4.C3H8O2/c11-9(12)7-5-3-1-2-4-6-8-10(13)14;5-3(6)1-2-4(7)8;1-3(5)2-4/h1-8H2,(H,11,12)(H,13,14);1-2H2,(H,5,6)(H,7,8);3-5H,2H2,1H3. The van der Waals surface area contributed by atoms with Crippen LogP contribution in [0.2, 0.25) is 0 Å². The largest absolute Gasteiger partial charge is 0.481 e. The maximum absolute atomic E-state index is 10.1. The predicted octanol–water partition coefficient (Wildman–Crippen LogP) is 1.57. The van der Waals surface area contributed by atoms with Crippen LogP contribution >= 0.6 is 0 Å². The molecule has 27 heavy (non-hydrogen) atoms. The van der Waals surface area contributed by atoms with E-state index in [4.69, 9.17) is 30.6 Å². The van der Waals surface area contributed by atoms with E-state index in [1.807, 2.05) is 0 Å². The number of aliphatic carboxylic acids is 4. The number of aliphatic hydroxyl groups is 2. The molecule has 0 aliphatic carbocycles. The van der Waals surface area contributed by atoms with Gasteiger partial charge >= 0.3 is 23.9 Å². The number of aliphatic hydroxyl groups excluding tert-OH is 2. The van der Waals surface area contributed by atoms with Crippen molar-refractivity contribution in [1.82, 2.24) is 0 Å². The van der Waals surface area contributed by atoms with Gasteiger partial charge in [0.25, 0.3) is 0 Å². The van der Waals surface area contributed by atoms with E-state index in [9.17, 15) is 19.2 Å². The second-order valence-corrected chi connectivity index (χ2v) is 5.73. The van der Waals surface area contributed by atoms with E-state index in [-0.39, 0.29) is 32.3 Å². The summed E-state index contributed by atoms with van der Waals surface area (Å²) >= 11 is 0. The minimum Gasteiger partial charge on any atom is -0.481 e. The molecule has 0 aromatic rings. The van der Waals surface area contributed by atoms with Crippen molar-refractivity contribution in [2.24, 2.45) is 0 Å². The molecule has 0 spiro atoms. The molecule has 0 radical (unpaired) electrons. The molecule has 0 aliphatic heterocycles. The van der Waals surface area contributed by atoms with Crippen LogP contribution in [0.4, 0.5) is 0 Å². The van der Waals surface area contributed by atoms with Crippen LogP contribution in [0.25, 0.3) is 0 Å². The van der Waals surface area contributed by atoms with E-state index < -0.39 is 30.0 Å². The van der Waals surface area contributed by atoms with Crippen molar-refractivity contribution in [1.29, 1.82) is 0 Å². The number of carbonyl (C=O) groups is 4. The van der Waals surface area contributed by atoms with Crippen LogP contribution in [0.5, 0.6) is 0 Å². The Morgan fingerprint density at radius 1 is 0.593 bits per heavy atom. The molecule has 0 saturated carbocycles. The Bertz CT molecular complexity index is 373. The molecule has 0 bridgehead atoms. The maximum atomic E-state index is 10.1. The summed E-state index contributed by atoms with van der Waals surface area (Å²) in [4.78, 5) is 39.6. The molecule has 0 saturated heterocycles. The zero-order chi connectivity index (χ0) is 21.7. The highest BCUT2D eigenvalue weighted by atomic mass is 16.4. The zero-order valence-corrected chi connectivity index (χ0v) is 15.7. The normalized spacial score (nSPS) is 10.5. The molecule has 0 fully saturated rings. The van der Waals surface area contributed by atoms with Crippen molar-refractivity contribution in [2.45, 2.75) is 77.2 Å². The molecule has 0 aliphatic rings. The summed E-state index contributed by atoms with van der Waals surface area (Å²) in [5.41, 5.74) is 0. The first-order valence-corrected chi connectivity index (χ1v) is 8.69. The fraction of sp³-hybridized carbons (Fsp3) is 0.765. The molecule has 1 unspecified atom stereocenters. The summed E-state index contributed by atoms with van der Waals surface area (Å²) in [6, 6.07) is 0. The number of hydrogen-bond acceptors (Lipinski definition) is 6. The van der Waals surface area contributed by atoms with E-state index >= 15 is 0 Å². The summed E-state index contributed by atoms with van der Waals surface area (Å²) < 4.78 is 0. The van der Waals surface area contributed by atoms with Crippen LogP contribution in [-0.2, 0) is 19.2 Å². The molecular weight excluding hydrogens is 364 g/mol. The van der Waals surface area contributed by atoms with Gasteiger partial charge in [0.2, 0.25) is 0 Å². The predicted molar refractivity (Wildman–Crippen MR) is 95.5 cm³/mol. The highest BCUT2D eigenvalue weighted by Gasteiger charge is 2.00. The van der Waals surface area contributed by atoms with Gasteiger partial charge in [0.1, 0.15) is 0 Å². The fourth-order valence-electron chi connectivity index (χ4n) is 1.47. The Kier molecular flexibility index (Phi) is 23.9. The molecule has 0 aromatic heterocycles. The van der Waals surface area contributed by atoms with E-state index in [2.05, 4.69) is 0 Å². The molecular formula is C17H32O10. The Balaban J connectivity index is -0.000000372. The Morgan fingerprint density at radius 2 is 0.815 bits per heavy atom. The highest BCUT2D eigenvalue weighted by molar-refractivity contribution is 5.75. The second kappa shape index (κ2) is 21.8. The van der Waals surface area contributed by atoms with Crippen LogP contribution in [-0.4, -0.2) is 67.2 Å². The molecule has 0 amide bonds. The van der Waals surface area contributed by atoms with E-state index in [1.165, 1.54) is 6.92 Å². The van der Waals surface area contributed by atoms with Crippen LogP contribution in [0.15, 0.2) is 0 Å². The summed E-state index contributed by atoms with van der Waals surface area (Å²) in [6.45, 7) is 1.39. The topological polar surface area (TPSA) is 190 Å². The van der Waals surface area contributed by atoms with Crippen molar-refractivity contribution in [2.75, 3.05) is 6.61 Å². The number of unbranched alkanes of at least 4 members (excludes halogenated alkanes) is 5. The van der Waals surface area contributed by atoms with Gasteiger partial charge < -0.3 is 30.6 Å². The number of hydrogen-bond donors (Lipinski definition) is 6. The summed E-state index contributed by atoms with van der Waals surface area (Å²) in [5.74, 6) is -3.63. The lowest BCUT2D eigenvalue weighted by atomic mass is 10.1.